The van der Waals surface area contributed by atoms with Gasteiger partial charge in [0.05, 0.1) is 15.5 Å². The first-order chi connectivity index (χ1) is 50.1. The predicted molar refractivity (Wildman–Crippen MR) is 426 cm³/mol. The van der Waals surface area contributed by atoms with Crippen LogP contribution in [-0.2, 0) is 30.8 Å². The van der Waals surface area contributed by atoms with Crippen LogP contribution in [0.15, 0.2) is 275 Å². The second-order valence-electron chi connectivity index (χ2n) is 25.6. The number of allylic oxidation sites excluding steroid dienone is 14. The molecule has 9 aromatic carbocycles. The molecule has 0 bridgehead atoms. The second-order valence-corrected chi connectivity index (χ2v) is 28.7. The number of nitrogens with two attached hydrogens (primary N) is 8. The van der Waals surface area contributed by atoms with Gasteiger partial charge in [0.25, 0.3) is 0 Å². The Morgan fingerprint density at radius 2 is 0.900 bits per heavy atom. The van der Waals surface area contributed by atoms with E-state index in [9.17, 15) is 25.9 Å². The van der Waals surface area contributed by atoms with Crippen molar-refractivity contribution in [1.29, 1.82) is 0 Å². The molecule has 0 aliphatic heterocycles. The molecule has 12 rings (SSSR count). The van der Waals surface area contributed by atoms with Crippen molar-refractivity contribution >= 4 is 105 Å². The number of aryl methyl sites for hydroxylation is 5. The number of hydrogen-bond acceptors (Lipinski definition) is 15. The summed E-state index contributed by atoms with van der Waals surface area (Å²) < 4.78 is 95.1. The average molecular weight is 1590 g/mol. The third-order valence-electron chi connectivity index (χ3n) is 17.9. The van der Waals surface area contributed by atoms with Crippen LogP contribution in [0, 0.1) is 46.6 Å². The summed E-state index contributed by atoms with van der Waals surface area (Å²) in [4.78, 5) is -1.27. The summed E-state index contributed by atoms with van der Waals surface area (Å²) in [6.07, 6.45) is 20.5. The van der Waals surface area contributed by atoms with Crippen molar-refractivity contribution in [3.8, 4) is 0 Å². The average Bonchev–Trinajstić information content (AvgIpc) is 0.787. The molecule has 0 amide bonds. The molecule has 110 heavy (non-hydrogen) atoms. The molecule has 3 aliphatic carbocycles. The molecule has 0 spiro atoms. The van der Waals surface area contributed by atoms with Crippen molar-refractivity contribution in [2.45, 2.75) is 64.2 Å². The van der Waals surface area contributed by atoms with Gasteiger partial charge in [-0.05, 0) is 220 Å². The SMILES string of the molecule is C=c1cc/c(=C(/c2ccc(C)c(C)c2)c2ccc(NC)c(C)c2)cc1C.CC1=CC(=C(c2ccc(N)c(S(=O)(=O)[O-])c2)c2ccc(N)c(S(=O)(=O)[O-])c2)C=[C-]C1=[NH2+].CC1=CC(=C(c2ccc(N)cc2)c2ccc(N)cc2)C=CC1=[NH2+].Cc1ccc(C(c2ccc(N)cc2)C2C=CC(=[NH2+])C=C2)cc1.O=S(=O)=O.[Cl-].[Cl-].[Na+].[Na+]. The van der Waals surface area contributed by atoms with Crippen LogP contribution in [0.5, 0.6) is 0 Å². The van der Waals surface area contributed by atoms with Gasteiger partial charge < -0.3 is 67.9 Å². The van der Waals surface area contributed by atoms with E-state index in [2.05, 4.69) is 162 Å². The Bertz CT molecular complexity index is 5500. The van der Waals surface area contributed by atoms with Crippen LogP contribution in [0.4, 0.5) is 34.1 Å². The smallest absolute Gasteiger partial charge is 1.00 e. The molecule has 0 heterocycles. The van der Waals surface area contributed by atoms with Crippen molar-refractivity contribution in [2.75, 3.05) is 41.0 Å². The maximum absolute atomic E-state index is 11.6. The number of rotatable bonds is 12. The first kappa shape index (κ1) is 92.9. The fourth-order valence-corrected chi connectivity index (χ4v) is 13.2. The number of nitrogens with one attached hydrogen (secondary N) is 1. The zero-order valence-electron chi connectivity index (χ0n) is 62.7. The Balaban J connectivity index is 0.000000303. The van der Waals surface area contributed by atoms with E-state index in [1.807, 2.05) is 98.9 Å². The molecular formula is C85H85Cl2N9Na2O9S3. The fraction of sp³-hybridized carbons (Fsp3) is 0.118. The van der Waals surface area contributed by atoms with Crippen LogP contribution in [0.3, 0.4) is 0 Å². The van der Waals surface area contributed by atoms with Gasteiger partial charge in [0.2, 0.25) is 0 Å². The topological polar surface area (TPSA) is 385 Å². The van der Waals surface area contributed by atoms with Crippen LogP contribution >= 0.6 is 0 Å². The van der Waals surface area contributed by atoms with Crippen molar-refractivity contribution in [1.82, 2.24) is 0 Å². The van der Waals surface area contributed by atoms with Gasteiger partial charge in [-0.15, -0.1) is 24.3 Å². The summed E-state index contributed by atoms with van der Waals surface area (Å²) in [7, 11) is -10.9. The quantitative estimate of drug-likeness (QED) is 0.0250. The molecule has 0 saturated carbocycles. The number of halogens is 2. The molecule has 25 heteroatoms. The van der Waals surface area contributed by atoms with Gasteiger partial charge in [-0.1, -0.05) is 158 Å². The summed E-state index contributed by atoms with van der Waals surface area (Å²) in [6, 6.07) is 60.2. The third kappa shape index (κ3) is 25.0. The van der Waals surface area contributed by atoms with Crippen LogP contribution < -0.4 is 145 Å². The van der Waals surface area contributed by atoms with Crippen LogP contribution in [0.1, 0.15) is 92.1 Å². The van der Waals surface area contributed by atoms with Crippen LogP contribution in [0.2, 0.25) is 0 Å². The maximum atomic E-state index is 11.6. The summed E-state index contributed by atoms with van der Waals surface area (Å²) in [5.74, 6) is 0.556. The van der Waals surface area contributed by atoms with E-state index in [0.717, 1.165) is 79.4 Å². The van der Waals surface area contributed by atoms with E-state index in [1.165, 1.54) is 91.2 Å². The van der Waals surface area contributed by atoms with Gasteiger partial charge in [-0.2, -0.15) is 12.2 Å². The Hall–Kier alpha value is -9.53. The third-order valence-corrected chi connectivity index (χ3v) is 19.7. The molecule has 1 unspecified atom stereocenters. The van der Waals surface area contributed by atoms with E-state index in [1.54, 1.807) is 13.0 Å². The second kappa shape index (κ2) is 41.5. The predicted octanol–water partition coefficient (Wildman–Crippen LogP) is -3.37. The summed E-state index contributed by atoms with van der Waals surface area (Å²) >= 11 is 0. The maximum Gasteiger partial charge on any atom is 1.00 e. The van der Waals surface area contributed by atoms with Gasteiger partial charge in [-0.3, -0.25) is 16.2 Å². The molecule has 18 nitrogen and oxygen atoms in total. The summed E-state index contributed by atoms with van der Waals surface area (Å²) in [5, 5.41) is 23.2. The van der Waals surface area contributed by atoms with Crippen LogP contribution in [-0.4, -0.2) is 62.8 Å². The van der Waals surface area contributed by atoms with E-state index in [0.29, 0.717) is 28.3 Å². The molecule has 0 fully saturated rings. The van der Waals surface area contributed by atoms with Crippen molar-refractivity contribution < 1.29 is 139 Å². The Morgan fingerprint density at radius 3 is 1.34 bits per heavy atom. The van der Waals surface area contributed by atoms with E-state index in [-0.39, 0.29) is 112 Å². The minimum absolute atomic E-state index is 0. The fourth-order valence-electron chi connectivity index (χ4n) is 12.0. The van der Waals surface area contributed by atoms with Gasteiger partial charge in [0.1, 0.15) is 20.2 Å². The molecule has 17 N–H and O–H groups in total. The first-order valence-corrected chi connectivity index (χ1v) is 37.1. The molecule has 3 aliphatic rings. The summed E-state index contributed by atoms with van der Waals surface area (Å²) in [5.41, 5.74) is 53.8. The zero-order chi connectivity index (χ0) is 77.5. The largest absolute Gasteiger partial charge is 1.00 e. The first-order valence-electron chi connectivity index (χ1n) is 33.3. The van der Waals surface area contributed by atoms with E-state index in [4.69, 9.17) is 57.5 Å². The Kier molecular flexibility index (Phi) is 35.0. The van der Waals surface area contributed by atoms with Gasteiger partial charge >= 0.3 is 69.7 Å². The van der Waals surface area contributed by atoms with Gasteiger partial charge in [-0.25, -0.2) is 16.8 Å². The van der Waals surface area contributed by atoms with Gasteiger partial charge in [0.15, 0.2) is 11.4 Å². The molecule has 0 saturated heterocycles. The van der Waals surface area contributed by atoms with E-state index < -0.39 is 40.6 Å². The molecule has 9 aromatic rings. The Morgan fingerprint density at radius 1 is 0.482 bits per heavy atom. The minimum atomic E-state index is -4.89. The Labute approximate surface area is 702 Å². The number of nitrogen functional groups attached to an aromatic ring is 5. The molecule has 0 aromatic heterocycles. The number of benzene rings is 9. The molecule has 558 valence electrons. The minimum Gasteiger partial charge on any atom is -1.00 e. The zero-order valence-corrected chi connectivity index (χ0v) is 70.7. The molecule has 0 radical (unpaired) electrons. The van der Waals surface area contributed by atoms with E-state index >= 15 is 0 Å². The van der Waals surface area contributed by atoms with Crippen LogP contribution in [0.25, 0.3) is 23.3 Å². The molecular weight excluding hydrogens is 1500 g/mol. The van der Waals surface area contributed by atoms with Crippen molar-refractivity contribution in [2.24, 2.45) is 5.92 Å². The summed E-state index contributed by atoms with van der Waals surface area (Å²) in [6.45, 7) is 18.6. The standard InChI is InChI=1S/C25H27N.C20H18N3O6S2.C20H19N3.C20H20N2.2ClH.2Na.O3S/c1-16-7-9-21(13-18(16)3)25(22-10-8-17(2)19(4)14-22)23-11-12-24(26-6)20(5)15-23;1-11-8-12(2-5-15(11)21)20(13-3-6-16(22)18(9-13)30(24,25)26)14-4-7-17(23)19(10-14)31(27,28)29;1-13-12-16(6-11-19(13)23)20(14-2-7-17(21)8-3-14)15-4-9-18(22)10-5-15;1-14-2-4-15(5-3-14)20(16-6-10-18(21)11-7-16)17-8-12-19(22)13-9-17;;;;;1-4(2)3/h7-15,26H,1H2,2-6H3;2-4,6-10,21H,22-23H2,1H3,(H,24,25,26)(H,27,28,29);2-12,23H,21-22H2,1H3;2-13,16,20-21H,22H2,1H3;2*1H;;;/q;-1;;;;;2*+1;/p-1/b25-21+;;;;;;;;. The monoisotopic (exact) mass is 1590 g/mol. The van der Waals surface area contributed by atoms with Crippen molar-refractivity contribution in [3.63, 3.8) is 0 Å². The molecule has 1 atom stereocenters. The van der Waals surface area contributed by atoms with Crippen molar-refractivity contribution in [3.05, 3.63) is 354 Å². The number of anilines is 6. The normalized spacial score (nSPS) is 13.2. The van der Waals surface area contributed by atoms with Gasteiger partial charge in [0, 0.05) is 76.8 Å². The number of hydrogen-bond donors (Lipinski definition) is 9.